The highest BCUT2D eigenvalue weighted by molar-refractivity contribution is 5.93. The van der Waals surface area contributed by atoms with Gasteiger partial charge in [0.25, 0.3) is 0 Å². The van der Waals surface area contributed by atoms with Crippen LogP contribution in [-0.2, 0) is 11.3 Å². The number of aromatic nitrogens is 3. The Morgan fingerprint density at radius 1 is 1.38 bits per heavy atom. The van der Waals surface area contributed by atoms with Crippen LogP contribution in [-0.4, -0.2) is 27.3 Å². The average Bonchev–Trinajstić information content (AvgIpc) is 3.37. The molecule has 7 nitrogen and oxygen atoms in total. The minimum absolute atomic E-state index is 0.0101. The van der Waals surface area contributed by atoms with Gasteiger partial charge in [-0.05, 0) is 38.8 Å². The minimum Gasteiger partial charge on any atom is -0.462 e. The van der Waals surface area contributed by atoms with Gasteiger partial charge in [0.1, 0.15) is 5.56 Å². The highest BCUT2D eigenvalue weighted by atomic mass is 16.5. The molecule has 1 aliphatic carbocycles. The molecule has 1 aromatic carbocycles. The molecule has 0 saturated heterocycles. The molecule has 0 aliphatic heterocycles. The molecule has 1 aliphatic rings. The monoisotopic (exact) mass is 353 g/mol. The van der Waals surface area contributed by atoms with Crippen LogP contribution in [0, 0.1) is 6.92 Å². The fraction of sp³-hybridized carbons (Fsp3) is 0.368. The molecule has 1 saturated carbocycles. The van der Waals surface area contributed by atoms with Crippen molar-refractivity contribution in [3.05, 3.63) is 57.5 Å². The fourth-order valence-corrected chi connectivity index (χ4v) is 2.98. The van der Waals surface area contributed by atoms with Gasteiger partial charge in [-0.2, -0.15) is 4.98 Å². The summed E-state index contributed by atoms with van der Waals surface area (Å²) in [5.41, 5.74) is 1.34. The van der Waals surface area contributed by atoms with Gasteiger partial charge >= 0.3 is 5.97 Å². The van der Waals surface area contributed by atoms with E-state index in [1.165, 1.54) is 6.20 Å². The number of hydrogen-bond donors (Lipinski definition) is 0. The molecular weight excluding hydrogens is 334 g/mol. The number of nitrogens with zero attached hydrogens (tertiary/aromatic N) is 3. The van der Waals surface area contributed by atoms with Gasteiger partial charge in [-0.1, -0.05) is 16.8 Å². The van der Waals surface area contributed by atoms with Crippen molar-refractivity contribution in [2.45, 2.75) is 39.2 Å². The lowest BCUT2D eigenvalue weighted by Gasteiger charge is -2.12. The maximum Gasteiger partial charge on any atom is 0.343 e. The molecular formula is C19H19N3O4. The number of ether oxygens (including phenoxy) is 1. The van der Waals surface area contributed by atoms with Gasteiger partial charge in [-0.3, -0.25) is 4.79 Å². The number of aryl methyl sites for hydroxylation is 1. The molecule has 0 spiro atoms. The van der Waals surface area contributed by atoms with Gasteiger partial charge in [0.15, 0.2) is 5.82 Å². The van der Waals surface area contributed by atoms with Crippen LogP contribution in [0.15, 0.2) is 33.7 Å². The molecule has 7 heteroatoms. The van der Waals surface area contributed by atoms with Crippen molar-refractivity contribution in [1.29, 1.82) is 0 Å². The van der Waals surface area contributed by atoms with Crippen LogP contribution < -0.4 is 5.43 Å². The zero-order chi connectivity index (χ0) is 18.3. The van der Waals surface area contributed by atoms with Crippen LogP contribution in [0.3, 0.4) is 0 Å². The van der Waals surface area contributed by atoms with Crippen LogP contribution in [0.5, 0.6) is 0 Å². The number of esters is 1. The average molecular weight is 353 g/mol. The lowest BCUT2D eigenvalue weighted by atomic mass is 10.1. The van der Waals surface area contributed by atoms with E-state index in [1.54, 1.807) is 17.6 Å². The summed E-state index contributed by atoms with van der Waals surface area (Å²) in [6, 6.07) is 5.57. The van der Waals surface area contributed by atoms with E-state index in [9.17, 15) is 9.59 Å². The van der Waals surface area contributed by atoms with Gasteiger partial charge in [0.05, 0.1) is 18.7 Å². The summed E-state index contributed by atoms with van der Waals surface area (Å²) < 4.78 is 12.1. The third-order valence-electron chi connectivity index (χ3n) is 4.45. The summed E-state index contributed by atoms with van der Waals surface area (Å²) in [4.78, 5) is 29.4. The topological polar surface area (TPSA) is 87.2 Å². The Balaban J connectivity index is 1.81. The molecule has 2 aromatic heterocycles. The molecule has 0 unspecified atom stereocenters. The second-order valence-electron chi connectivity index (χ2n) is 6.56. The minimum atomic E-state index is -0.624. The van der Waals surface area contributed by atoms with Crippen molar-refractivity contribution in [1.82, 2.24) is 14.7 Å². The fourth-order valence-electron chi connectivity index (χ4n) is 2.98. The third-order valence-corrected chi connectivity index (χ3v) is 4.45. The number of benzene rings is 1. The predicted molar refractivity (Wildman–Crippen MR) is 94.3 cm³/mol. The lowest BCUT2D eigenvalue weighted by Crippen LogP contribution is -2.21. The molecule has 0 radical (unpaired) electrons. The summed E-state index contributed by atoms with van der Waals surface area (Å²) in [5, 5.41) is 4.50. The van der Waals surface area contributed by atoms with E-state index < -0.39 is 5.97 Å². The standard InChI is InChI=1S/C19H19N3O4/c1-3-25-19(24)14-9-22(10-16-20-18(26-21-16)12-5-6-12)15-7-4-11(2)8-13(15)17(14)23/h4,7-9,12H,3,5-6,10H2,1-2H3. The van der Waals surface area contributed by atoms with Crippen molar-refractivity contribution >= 4 is 16.9 Å². The molecule has 0 atom stereocenters. The number of carbonyl (C=O) groups excluding carboxylic acids is 1. The summed E-state index contributed by atoms with van der Waals surface area (Å²) in [6.07, 6.45) is 3.68. The van der Waals surface area contributed by atoms with Crippen molar-refractivity contribution < 1.29 is 14.1 Å². The summed E-state index contributed by atoms with van der Waals surface area (Å²) >= 11 is 0. The zero-order valence-electron chi connectivity index (χ0n) is 14.7. The Morgan fingerprint density at radius 2 is 2.19 bits per heavy atom. The number of hydrogen-bond acceptors (Lipinski definition) is 6. The Morgan fingerprint density at radius 3 is 2.92 bits per heavy atom. The molecule has 1 fully saturated rings. The SMILES string of the molecule is CCOC(=O)c1cn(Cc2noc(C3CC3)n2)c2ccc(C)cc2c1=O. The molecule has 0 bridgehead atoms. The number of rotatable bonds is 5. The molecule has 2 heterocycles. The molecule has 0 N–H and O–H groups in total. The maximum atomic E-state index is 12.7. The number of fused-ring (bicyclic) bond motifs is 1. The Labute approximate surface area is 149 Å². The number of carbonyl (C=O) groups is 1. The lowest BCUT2D eigenvalue weighted by molar-refractivity contribution is 0.0524. The molecule has 134 valence electrons. The van der Waals surface area contributed by atoms with Crippen molar-refractivity contribution in [2.24, 2.45) is 0 Å². The van der Waals surface area contributed by atoms with Crippen molar-refractivity contribution in [3.8, 4) is 0 Å². The van der Waals surface area contributed by atoms with E-state index in [0.29, 0.717) is 35.1 Å². The summed E-state index contributed by atoms with van der Waals surface area (Å²) in [5.74, 6) is 0.931. The maximum absolute atomic E-state index is 12.7. The van der Waals surface area contributed by atoms with Crippen LogP contribution in [0.25, 0.3) is 10.9 Å². The first-order chi connectivity index (χ1) is 12.6. The largest absolute Gasteiger partial charge is 0.462 e. The highest BCUT2D eigenvalue weighted by Gasteiger charge is 2.29. The van der Waals surface area contributed by atoms with Crippen LogP contribution >= 0.6 is 0 Å². The Kier molecular flexibility index (Phi) is 4.06. The van der Waals surface area contributed by atoms with E-state index in [0.717, 1.165) is 18.4 Å². The second kappa shape index (κ2) is 6.40. The molecule has 3 aromatic rings. The first kappa shape index (κ1) is 16.5. The Hall–Kier alpha value is -2.96. The van der Waals surface area contributed by atoms with Gasteiger partial charge in [0, 0.05) is 17.5 Å². The Bertz CT molecular complexity index is 1050. The normalized spacial score (nSPS) is 13.9. The molecule has 4 rings (SSSR count). The third kappa shape index (κ3) is 3.00. The highest BCUT2D eigenvalue weighted by Crippen LogP contribution is 2.38. The van der Waals surface area contributed by atoms with E-state index in [2.05, 4.69) is 10.1 Å². The first-order valence-corrected chi connectivity index (χ1v) is 8.70. The number of pyridine rings is 1. The summed E-state index contributed by atoms with van der Waals surface area (Å²) in [7, 11) is 0. The van der Waals surface area contributed by atoms with Crippen LogP contribution in [0.2, 0.25) is 0 Å². The molecule has 26 heavy (non-hydrogen) atoms. The van der Waals surface area contributed by atoms with Gasteiger partial charge in [-0.15, -0.1) is 0 Å². The quantitative estimate of drug-likeness (QED) is 0.656. The van der Waals surface area contributed by atoms with E-state index in [1.807, 2.05) is 19.1 Å². The van der Waals surface area contributed by atoms with Crippen molar-refractivity contribution in [2.75, 3.05) is 6.61 Å². The zero-order valence-corrected chi connectivity index (χ0v) is 14.7. The van der Waals surface area contributed by atoms with E-state index >= 15 is 0 Å². The van der Waals surface area contributed by atoms with E-state index in [-0.39, 0.29) is 17.6 Å². The van der Waals surface area contributed by atoms with Gasteiger partial charge < -0.3 is 13.8 Å². The smallest absolute Gasteiger partial charge is 0.343 e. The van der Waals surface area contributed by atoms with Gasteiger partial charge in [-0.25, -0.2) is 4.79 Å². The van der Waals surface area contributed by atoms with Gasteiger partial charge in [0.2, 0.25) is 11.3 Å². The van der Waals surface area contributed by atoms with E-state index in [4.69, 9.17) is 9.26 Å². The predicted octanol–water partition coefficient (Wildman–Crippen LogP) is 2.80. The summed E-state index contributed by atoms with van der Waals surface area (Å²) in [6.45, 7) is 4.13. The van der Waals surface area contributed by atoms with Crippen LogP contribution in [0.1, 0.15) is 53.3 Å². The second-order valence-corrected chi connectivity index (χ2v) is 6.56. The van der Waals surface area contributed by atoms with Crippen LogP contribution in [0.4, 0.5) is 0 Å². The first-order valence-electron chi connectivity index (χ1n) is 8.70. The molecule has 0 amide bonds. The van der Waals surface area contributed by atoms with Crippen molar-refractivity contribution in [3.63, 3.8) is 0 Å².